The third-order valence-corrected chi connectivity index (χ3v) is 5.22. The molecule has 1 aliphatic heterocycles. The summed E-state index contributed by atoms with van der Waals surface area (Å²) in [6, 6.07) is 7.82. The van der Waals surface area contributed by atoms with Crippen LogP contribution in [0, 0.1) is 0 Å². The molecule has 140 valence electrons. The lowest BCUT2D eigenvalue weighted by Crippen LogP contribution is -2.47. The van der Waals surface area contributed by atoms with Crippen LogP contribution in [0.1, 0.15) is 12.5 Å². The SMILES string of the molecule is C=C(C)CN1CCN(c2ncnc3c2cnn3Cc2ccccc2Cl)CC1. The summed E-state index contributed by atoms with van der Waals surface area (Å²) >= 11 is 6.30. The monoisotopic (exact) mass is 382 g/mol. The van der Waals surface area contributed by atoms with Gasteiger partial charge in [-0.3, -0.25) is 4.90 Å². The number of fused-ring (bicyclic) bond motifs is 1. The summed E-state index contributed by atoms with van der Waals surface area (Å²) < 4.78 is 1.89. The molecule has 0 bridgehead atoms. The molecule has 3 heterocycles. The Balaban J connectivity index is 1.56. The van der Waals surface area contributed by atoms with Crippen LogP contribution in [0.25, 0.3) is 11.0 Å². The molecular weight excluding hydrogens is 360 g/mol. The molecule has 4 rings (SSSR count). The summed E-state index contributed by atoms with van der Waals surface area (Å²) in [7, 11) is 0. The number of aromatic nitrogens is 4. The van der Waals surface area contributed by atoms with Crippen molar-refractivity contribution in [1.29, 1.82) is 0 Å². The molecule has 6 nitrogen and oxygen atoms in total. The smallest absolute Gasteiger partial charge is 0.163 e. The molecule has 0 unspecified atom stereocenters. The van der Waals surface area contributed by atoms with Crippen molar-refractivity contribution in [2.24, 2.45) is 0 Å². The normalized spacial score (nSPS) is 15.4. The predicted octanol–water partition coefficient (Wildman–Crippen LogP) is 3.23. The summed E-state index contributed by atoms with van der Waals surface area (Å²) in [4.78, 5) is 13.8. The second-order valence-corrected chi connectivity index (χ2v) is 7.46. The van der Waals surface area contributed by atoms with Gasteiger partial charge in [0.15, 0.2) is 5.65 Å². The van der Waals surface area contributed by atoms with E-state index < -0.39 is 0 Å². The number of nitrogens with zero attached hydrogens (tertiary/aromatic N) is 6. The molecule has 1 saturated heterocycles. The fourth-order valence-corrected chi connectivity index (χ4v) is 3.73. The van der Waals surface area contributed by atoms with E-state index in [4.69, 9.17) is 11.6 Å². The van der Waals surface area contributed by atoms with Gasteiger partial charge in [-0.2, -0.15) is 5.10 Å². The van der Waals surface area contributed by atoms with E-state index in [1.54, 1.807) is 6.33 Å². The molecule has 7 heteroatoms. The van der Waals surface area contributed by atoms with Crippen molar-refractivity contribution in [2.75, 3.05) is 37.6 Å². The fourth-order valence-electron chi connectivity index (χ4n) is 3.54. The highest BCUT2D eigenvalue weighted by Gasteiger charge is 2.21. The van der Waals surface area contributed by atoms with E-state index >= 15 is 0 Å². The van der Waals surface area contributed by atoms with Gasteiger partial charge in [0.1, 0.15) is 12.1 Å². The first-order valence-electron chi connectivity index (χ1n) is 9.13. The largest absolute Gasteiger partial charge is 0.353 e. The molecule has 0 atom stereocenters. The van der Waals surface area contributed by atoms with Crippen LogP contribution in [0.4, 0.5) is 5.82 Å². The fraction of sp³-hybridized carbons (Fsp3) is 0.350. The van der Waals surface area contributed by atoms with Crippen molar-refractivity contribution >= 4 is 28.5 Å². The zero-order valence-electron chi connectivity index (χ0n) is 15.5. The molecule has 0 aliphatic carbocycles. The van der Waals surface area contributed by atoms with Crippen LogP contribution in [-0.2, 0) is 6.54 Å². The summed E-state index contributed by atoms with van der Waals surface area (Å²) in [6.07, 6.45) is 3.49. The van der Waals surface area contributed by atoms with E-state index in [0.717, 1.165) is 60.2 Å². The van der Waals surface area contributed by atoms with Gasteiger partial charge in [-0.25, -0.2) is 14.6 Å². The number of rotatable bonds is 5. The van der Waals surface area contributed by atoms with E-state index in [0.29, 0.717) is 6.54 Å². The maximum Gasteiger partial charge on any atom is 0.163 e. The maximum absolute atomic E-state index is 6.30. The van der Waals surface area contributed by atoms with Crippen molar-refractivity contribution in [3.8, 4) is 0 Å². The standard InChI is InChI=1S/C20H23ClN6/c1-15(2)12-25-7-9-26(10-8-25)19-17-11-24-27(20(17)23-14-22-19)13-16-5-3-4-6-18(16)21/h3-6,11,14H,1,7-10,12-13H2,2H3. The maximum atomic E-state index is 6.30. The van der Waals surface area contributed by atoms with Crippen LogP contribution in [0.3, 0.4) is 0 Å². The Bertz CT molecular complexity index is 958. The Labute approximate surface area is 164 Å². The molecule has 0 spiro atoms. The minimum absolute atomic E-state index is 0.589. The number of hydrogen-bond donors (Lipinski definition) is 0. The molecule has 3 aromatic rings. The van der Waals surface area contributed by atoms with Gasteiger partial charge >= 0.3 is 0 Å². The molecule has 1 aliphatic rings. The topological polar surface area (TPSA) is 50.1 Å². The lowest BCUT2D eigenvalue weighted by molar-refractivity contribution is 0.278. The first kappa shape index (κ1) is 17.9. The average Bonchev–Trinajstić information content (AvgIpc) is 3.07. The van der Waals surface area contributed by atoms with Crippen LogP contribution in [0.2, 0.25) is 5.02 Å². The number of halogens is 1. The van der Waals surface area contributed by atoms with Crippen molar-refractivity contribution in [1.82, 2.24) is 24.6 Å². The first-order valence-corrected chi connectivity index (χ1v) is 9.51. The lowest BCUT2D eigenvalue weighted by Gasteiger charge is -2.35. The highest BCUT2D eigenvalue weighted by Crippen LogP contribution is 2.25. The molecule has 0 saturated carbocycles. The van der Waals surface area contributed by atoms with Crippen LogP contribution in [0.5, 0.6) is 0 Å². The molecule has 27 heavy (non-hydrogen) atoms. The highest BCUT2D eigenvalue weighted by atomic mass is 35.5. The second kappa shape index (κ2) is 7.66. The summed E-state index contributed by atoms with van der Waals surface area (Å²) in [6.45, 7) is 11.5. The Kier molecular flexibility index (Phi) is 5.09. The van der Waals surface area contributed by atoms with Crippen LogP contribution >= 0.6 is 11.6 Å². The Morgan fingerprint density at radius 2 is 1.93 bits per heavy atom. The van der Waals surface area contributed by atoms with E-state index in [1.165, 1.54) is 5.57 Å². The molecule has 0 amide bonds. The van der Waals surface area contributed by atoms with Gasteiger partial charge in [-0.05, 0) is 18.6 Å². The van der Waals surface area contributed by atoms with Crippen molar-refractivity contribution in [3.63, 3.8) is 0 Å². The van der Waals surface area contributed by atoms with Crippen LogP contribution < -0.4 is 4.90 Å². The lowest BCUT2D eigenvalue weighted by atomic mass is 10.2. The minimum atomic E-state index is 0.589. The van der Waals surface area contributed by atoms with Gasteiger partial charge in [-0.15, -0.1) is 0 Å². The van der Waals surface area contributed by atoms with E-state index in [1.807, 2.05) is 35.1 Å². The predicted molar refractivity (Wildman–Crippen MR) is 109 cm³/mol. The van der Waals surface area contributed by atoms with Gasteiger partial charge in [0.05, 0.1) is 18.1 Å². The van der Waals surface area contributed by atoms with Gasteiger partial charge in [-0.1, -0.05) is 42.0 Å². The highest BCUT2D eigenvalue weighted by molar-refractivity contribution is 6.31. The number of piperazine rings is 1. The van der Waals surface area contributed by atoms with Crippen molar-refractivity contribution in [2.45, 2.75) is 13.5 Å². The molecule has 2 aromatic heterocycles. The van der Waals surface area contributed by atoms with Crippen LogP contribution in [-0.4, -0.2) is 57.4 Å². The molecule has 0 radical (unpaired) electrons. The number of benzene rings is 1. The van der Waals surface area contributed by atoms with Gasteiger partial charge in [0.25, 0.3) is 0 Å². The van der Waals surface area contributed by atoms with Crippen LogP contribution in [0.15, 0.2) is 48.9 Å². The van der Waals surface area contributed by atoms with Gasteiger partial charge in [0.2, 0.25) is 0 Å². The Hall–Kier alpha value is -2.44. The third kappa shape index (κ3) is 3.82. The second-order valence-electron chi connectivity index (χ2n) is 7.05. The third-order valence-electron chi connectivity index (χ3n) is 4.86. The Morgan fingerprint density at radius 1 is 1.15 bits per heavy atom. The zero-order valence-corrected chi connectivity index (χ0v) is 16.2. The zero-order chi connectivity index (χ0) is 18.8. The Morgan fingerprint density at radius 3 is 2.67 bits per heavy atom. The molecule has 1 aromatic carbocycles. The van der Waals surface area contributed by atoms with Gasteiger partial charge in [0, 0.05) is 37.7 Å². The summed E-state index contributed by atoms with van der Waals surface area (Å²) in [5.74, 6) is 0.959. The van der Waals surface area contributed by atoms with E-state index in [9.17, 15) is 0 Å². The average molecular weight is 383 g/mol. The minimum Gasteiger partial charge on any atom is -0.353 e. The first-order chi connectivity index (χ1) is 13.1. The van der Waals surface area contributed by atoms with Crippen molar-refractivity contribution in [3.05, 3.63) is 59.5 Å². The summed E-state index contributed by atoms with van der Waals surface area (Å²) in [5, 5.41) is 6.27. The number of anilines is 1. The van der Waals surface area contributed by atoms with Gasteiger partial charge < -0.3 is 4.90 Å². The summed E-state index contributed by atoms with van der Waals surface area (Å²) in [5.41, 5.74) is 3.07. The van der Waals surface area contributed by atoms with Crippen molar-refractivity contribution < 1.29 is 0 Å². The molecule has 1 fully saturated rings. The van der Waals surface area contributed by atoms with E-state index in [2.05, 4.69) is 38.4 Å². The quantitative estimate of drug-likeness (QED) is 0.634. The van der Waals surface area contributed by atoms with E-state index in [-0.39, 0.29) is 0 Å². The number of hydrogen-bond acceptors (Lipinski definition) is 5. The molecule has 0 N–H and O–H groups in total. The molecular formula is C20H23ClN6.